The van der Waals surface area contributed by atoms with Crippen LogP contribution in [-0.2, 0) is 21.1 Å². The first-order chi connectivity index (χ1) is 12.2. The number of benzene rings is 1. The summed E-state index contributed by atoms with van der Waals surface area (Å²) in [6, 6.07) is 7.59. The molecule has 1 rings (SSSR count). The first-order valence-electron chi connectivity index (χ1n) is 8.37. The van der Waals surface area contributed by atoms with Crippen LogP contribution < -0.4 is 22.9 Å². The molecular formula is C19H36N7W-3. The number of nitrogens with two attached hydrogens (primary N) is 4. The average Bonchev–Trinajstić information content (AvgIpc) is 2.54. The first-order valence-corrected chi connectivity index (χ1v) is 8.37. The summed E-state index contributed by atoms with van der Waals surface area (Å²) < 4.78 is 0. The Kier molecular flexibility index (Phi) is 29.3. The first kappa shape index (κ1) is 32.8. The molecule has 0 saturated carbocycles. The van der Waals surface area contributed by atoms with Gasteiger partial charge in [0.2, 0.25) is 0 Å². The maximum atomic E-state index is 7.11. The molecule has 1 aromatic carbocycles. The molecule has 1 atom stereocenters. The molecule has 0 fully saturated rings. The Morgan fingerprint density at radius 3 is 2.00 bits per heavy atom. The zero-order chi connectivity index (χ0) is 21.0. The van der Waals surface area contributed by atoms with Gasteiger partial charge in [0.15, 0.2) is 5.96 Å². The van der Waals surface area contributed by atoms with Crippen molar-refractivity contribution in [3.05, 3.63) is 49.2 Å². The molecule has 0 aliphatic carbocycles. The van der Waals surface area contributed by atoms with E-state index in [1.54, 1.807) is 0 Å². The molecule has 0 aliphatic rings. The van der Waals surface area contributed by atoms with Crippen molar-refractivity contribution >= 4 is 18.1 Å². The van der Waals surface area contributed by atoms with Crippen LogP contribution in [0.15, 0.2) is 29.3 Å². The third kappa shape index (κ3) is 32.3. The van der Waals surface area contributed by atoms with Gasteiger partial charge in [-0.15, -0.1) is 6.42 Å². The van der Waals surface area contributed by atoms with E-state index in [0.29, 0.717) is 5.92 Å². The molecule has 0 aromatic heterocycles. The second kappa shape index (κ2) is 24.1. The van der Waals surface area contributed by atoms with E-state index in [0.717, 1.165) is 36.9 Å². The maximum absolute atomic E-state index is 7.11. The predicted molar refractivity (Wildman–Crippen MR) is 114 cm³/mol. The third-order valence-corrected chi connectivity index (χ3v) is 2.54. The zero-order valence-electron chi connectivity index (χ0n) is 16.8. The Bertz CT molecular complexity index is 499. The van der Waals surface area contributed by atoms with Gasteiger partial charge in [0.1, 0.15) is 5.84 Å². The van der Waals surface area contributed by atoms with Crippen molar-refractivity contribution in [1.82, 2.24) is 0 Å². The smallest absolute Gasteiger partial charge is 0.185 e. The molecule has 0 amide bonds. The molecule has 0 heterocycles. The van der Waals surface area contributed by atoms with Crippen LogP contribution in [0.25, 0.3) is 0 Å². The van der Waals surface area contributed by atoms with Gasteiger partial charge in [-0.05, 0) is 19.4 Å². The van der Waals surface area contributed by atoms with Gasteiger partial charge in [0.25, 0.3) is 0 Å². The molecule has 0 radical (unpaired) electrons. The molecule has 8 heteroatoms. The summed E-state index contributed by atoms with van der Waals surface area (Å²) in [6.07, 6.45) is 4.67. The fraction of sp³-hybridized carbons (Fsp3) is 0.421. The fourth-order valence-corrected chi connectivity index (χ4v) is 1.40. The number of aryl methyl sites for hydroxylation is 1. The molecule has 156 valence electrons. The average molecular weight is 546 g/mol. The van der Waals surface area contributed by atoms with Crippen molar-refractivity contribution in [3.63, 3.8) is 0 Å². The van der Waals surface area contributed by atoms with Gasteiger partial charge < -0.3 is 48.5 Å². The van der Waals surface area contributed by atoms with Gasteiger partial charge in [-0.3, -0.25) is 10.4 Å². The normalized spacial score (nSPS) is 9.22. The second-order valence-corrected chi connectivity index (χ2v) is 5.48. The molecular weight excluding hydrogens is 510 g/mol. The Balaban J connectivity index is -0.000000139. The van der Waals surface area contributed by atoms with Crippen LogP contribution in [0.1, 0.15) is 44.2 Å². The van der Waals surface area contributed by atoms with Gasteiger partial charge in [0, 0.05) is 33.2 Å². The van der Waals surface area contributed by atoms with Gasteiger partial charge in [-0.25, -0.2) is 0 Å². The van der Waals surface area contributed by atoms with Crippen molar-refractivity contribution < 1.29 is 21.1 Å². The van der Waals surface area contributed by atoms with Crippen molar-refractivity contribution in [2.45, 2.75) is 40.0 Å². The number of guanidine groups is 1. The molecule has 1 unspecified atom stereocenters. The van der Waals surface area contributed by atoms with E-state index in [1.165, 1.54) is 6.34 Å². The van der Waals surface area contributed by atoms with Gasteiger partial charge in [0.05, 0.1) is 0 Å². The summed E-state index contributed by atoms with van der Waals surface area (Å²) in [5.41, 5.74) is 21.5. The number of nitrogen functional groups attached to an aromatic ring is 1. The molecule has 0 spiro atoms. The Morgan fingerprint density at radius 2 is 1.81 bits per heavy atom. The largest absolute Gasteiger partial charge is 0.563 e. The summed E-state index contributed by atoms with van der Waals surface area (Å²) in [5, 5.41) is 12.8. The van der Waals surface area contributed by atoms with Crippen LogP contribution in [0.4, 0.5) is 0 Å². The van der Waals surface area contributed by atoms with Crippen molar-refractivity contribution in [2.75, 3.05) is 6.54 Å². The minimum atomic E-state index is 0. The Labute approximate surface area is 179 Å². The van der Waals surface area contributed by atoms with E-state index < -0.39 is 0 Å². The fourth-order valence-electron chi connectivity index (χ4n) is 1.40. The van der Waals surface area contributed by atoms with Gasteiger partial charge >= 0.3 is 0 Å². The van der Waals surface area contributed by atoms with E-state index in [4.69, 9.17) is 28.0 Å². The van der Waals surface area contributed by atoms with Crippen LogP contribution in [0, 0.1) is 37.5 Å². The molecule has 0 bridgehead atoms. The number of hydrogen-bond donors (Lipinski definition) is 6. The van der Waals surface area contributed by atoms with E-state index in [1.807, 2.05) is 38.1 Å². The van der Waals surface area contributed by atoms with Crippen molar-refractivity contribution in [2.24, 2.45) is 33.8 Å². The molecule has 7 nitrogen and oxygen atoms in total. The molecule has 10 N–H and O–H groups in total. The monoisotopic (exact) mass is 546 g/mol. The van der Waals surface area contributed by atoms with Gasteiger partial charge in [-0.1, -0.05) is 37.6 Å². The van der Waals surface area contributed by atoms with Crippen LogP contribution >= 0.6 is 0 Å². The Hall–Kier alpha value is -1.88. The number of aliphatic imine (C=N–C) groups is 1. The zero-order valence-corrected chi connectivity index (χ0v) is 19.7. The number of nitrogens with one attached hydrogen (secondary N) is 2. The topological polar surface area (TPSA) is 164 Å². The second-order valence-electron chi connectivity index (χ2n) is 5.48. The third-order valence-electron chi connectivity index (χ3n) is 2.54. The summed E-state index contributed by atoms with van der Waals surface area (Å²) in [4.78, 5) is 3.72. The molecule has 27 heavy (non-hydrogen) atoms. The minimum Gasteiger partial charge on any atom is -0.563 e. The summed E-state index contributed by atoms with van der Waals surface area (Å²) in [7, 11) is 0. The predicted octanol–water partition coefficient (Wildman–Crippen LogP) is 2.45. The summed E-state index contributed by atoms with van der Waals surface area (Å²) in [5.74, 6) is 0.896. The van der Waals surface area contributed by atoms with E-state index in [-0.39, 0.29) is 32.9 Å². The number of rotatable bonds is 5. The van der Waals surface area contributed by atoms with E-state index in [2.05, 4.69) is 31.5 Å². The minimum absolute atomic E-state index is 0. The maximum Gasteiger partial charge on any atom is 0.185 e. The number of amidine groups is 1. The van der Waals surface area contributed by atoms with E-state index in [9.17, 15) is 0 Å². The number of hydrogen-bond acceptors (Lipinski definition) is 3. The van der Waals surface area contributed by atoms with Crippen molar-refractivity contribution in [3.8, 4) is 0 Å². The quantitative estimate of drug-likeness (QED) is 0.145. The SMILES string of the molecule is CCCN=C(N)N.Cc1cccc(C(=N)N)c1.N=[C-]N.[CH2-]CCC([CH2-])C.[W]. The van der Waals surface area contributed by atoms with Crippen LogP contribution in [0.3, 0.4) is 0 Å². The molecule has 0 saturated heterocycles. The van der Waals surface area contributed by atoms with E-state index >= 15 is 0 Å². The molecule has 1 aromatic rings. The molecule has 0 aliphatic heterocycles. The van der Waals surface area contributed by atoms with Crippen LogP contribution in [0.5, 0.6) is 0 Å². The van der Waals surface area contributed by atoms with Gasteiger partial charge in [-0.2, -0.15) is 12.3 Å². The van der Waals surface area contributed by atoms with Crippen LogP contribution in [-0.4, -0.2) is 24.7 Å². The van der Waals surface area contributed by atoms with Crippen molar-refractivity contribution in [1.29, 1.82) is 10.8 Å². The standard InChI is InChI=1S/C8H10N2.C6H12.C4H11N3.CH3N2.W/c1-6-3-2-4-7(5-6)8(9)10;1-4-5-6(2)3;1-2-3-7-4(5)6;2-1-3;/h2-5H,1H3,(H3,9,10);6H,1-2,4-5H2,3H3;2-3H2,1H3,(H4,5,6,7);(H3,2,3);/q;-2;;-1;. The Morgan fingerprint density at radius 1 is 1.30 bits per heavy atom. The summed E-state index contributed by atoms with van der Waals surface area (Å²) in [6.45, 7) is 14.3. The summed E-state index contributed by atoms with van der Waals surface area (Å²) >= 11 is 0. The number of nitrogens with zero attached hydrogens (tertiary/aromatic N) is 1. The van der Waals surface area contributed by atoms with Crippen LogP contribution in [0.2, 0.25) is 0 Å².